The molecule has 1 atom stereocenters. The maximum Gasteiger partial charge on any atom is 0.431 e. The fraction of sp³-hybridized carbons (Fsp3) is 0.278. The Morgan fingerprint density at radius 2 is 1.97 bits per heavy atom. The molecular weight excluding hydrogens is 395 g/mol. The molecule has 154 valence electrons. The van der Waals surface area contributed by atoms with E-state index in [0.29, 0.717) is 5.75 Å². The summed E-state index contributed by atoms with van der Waals surface area (Å²) in [5.41, 5.74) is 1.68. The minimum absolute atomic E-state index is 0.0971. The van der Waals surface area contributed by atoms with E-state index in [-0.39, 0.29) is 24.8 Å². The lowest BCUT2D eigenvalue weighted by Crippen LogP contribution is -2.34. The predicted octanol–water partition coefficient (Wildman–Crippen LogP) is 1.99. The molecule has 3 rings (SSSR count). The fourth-order valence-electron chi connectivity index (χ4n) is 2.78. The van der Waals surface area contributed by atoms with E-state index in [1.807, 2.05) is 0 Å². The fourth-order valence-corrected chi connectivity index (χ4v) is 2.78. The van der Waals surface area contributed by atoms with Gasteiger partial charge in [-0.2, -0.15) is 13.2 Å². The second-order valence-corrected chi connectivity index (χ2v) is 6.34. The van der Waals surface area contributed by atoms with Crippen molar-refractivity contribution < 1.29 is 32.2 Å². The number of nitrogens with one attached hydrogen (secondary N) is 1. The minimum atomic E-state index is -4.85. The number of hydrogen-bond donors (Lipinski definition) is 2. The minimum Gasteiger partial charge on any atom is -0.491 e. The number of ether oxygens (including phenoxy) is 2. The number of carbonyl (C=O) groups is 2. The highest BCUT2D eigenvalue weighted by atomic mass is 19.4. The Morgan fingerprint density at radius 3 is 2.48 bits per heavy atom. The first-order valence-corrected chi connectivity index (χ1v) is 8.35. The van der Waals surface area contributed by atoms with Crippen molar-refractivity contribution >= 4 is 12.0 Å². The number of benzene rings is 1. The van der Waals surface area contributed by atoms with Crippen molar-refractivity contribution in [2.75, 3.05) is 20.3 Å². The summed E-state index contributed by atoms with van der Waals surface area (Å²) in [7, 11) is 1.57. The van der Waals surface area contributed by atoms with E-state index in [9.17, 15) is 27.6 Å². The van der Waals surface area contributed by atoms with E-state index in [2.05, 4.69) is 0 Å². The number of carbonyl (C=O) groups excluding carboxylic acids is 2. The second-order valence-electron chi connectivity index (χ2n) is 6.34. The Balaban J connectivity index is 1.87. The number of amides is 2. The number of alkyl halides is 3. The van der Waals surface area contributed by atoms with Crippen molar-refractivity contribution in [1.82, 2.24) is 9.88 Å². The Labute approximate surface area is 162 Å². The van der Waals surface area contributed by atoms with Crippen molar-refractivity contribution in [3.8, 4) is 16.9 Å². The summed E-state index contributed by atoms with van der Waals surface area (Å²) in [6.07, 6.45) is -5.31. The highest BCUT2D eigenvalue weighted by Gasteiger charge is 2.36. The van der Waals surface area contributed by atoms with E-state index >= 15 is 0 Å². The van der Waals surface area contributed by atoms with Crippen LogP contribution in [0, 0.1) is 0 Å². The number of rotatable bonds is 5. The predicted molar refractivity (Wildman–Crippen MR) is 94.4 cm³/mol. The van der Waals surface area contributed by atoms with Gasteiger partial charge in [0.05, 0.1) is 0 Å². The first-order valence-electron chi connectivity index (χ1n) is 8.35. The number of nitrogens with two attached hydrogens (primary N) is 1. The van der Waals surface area contributed by atoms with E-state index in [0.717, 1.165) is 6.07 Å². The number of primary amides is 1. The van der Waals surface area contributed by atoms with Gasteiger partial charge in [0, 0.05) is 12.6 Å². The van der Waals surface area contributed by atoms with Crippen molar-refractivity contribution in [2.24, 2.45) is 5.73 Å². The lowest BCUT2D eigenvalue weighted by atomic mass is 10.0. The van der Waals surface area contributed by atoms with Crippen LogP contribution in [0.2, 0.25) is 0 Å². The average Bonchev–Trinajstić information content (AvgIpc) is 2.97. The number of aromatic nitrogens is 1. The molecule has 3 N–H and O–H groups in total. The van der Waals surface area contributed by atoms with Gasteiger partial charge in [0.15, 0.2) is 0 Å². The van der Waals surface area contributed by atoms with Gasteiger partial charge in [-0.05, 0) is 23.8 Å². The summed E-state index contributed by atoms with van der Waals surface area (Å²) in [5, 5.41) is 0. The molecule has 2 aromatic rings. The molecule has 0 saturated carbocycles. The largest absolute Gasteiger partial charge is 0.491 e. The molecule has 1 aliphatic heterocycles. The molecule has 2 heterocycles. The van der Waals surface area contributed by atoms with Crippen LogP contribution in [0.15, 0.2) is 35.1 Å². The molecule has 0 bridgehead atoms. The summed E-state index contributed by atoms with van der Waals surface area (Å²) in [6, 6.07) is 6.10. The molecule has 2 amide bonds. The van der Waals surface area contributed by atoms with Crippen LogP contribution < -0.4 is 16.0 Å². The van der Waals surface area contributed by atoms with Gasteiger partial charge in [0.2, 0.25) is 0 Å². The van der Waals surface area contributed by atoms with Crippen LogP contribution in [-0.2, 0) is 10.9 Å². The molecule has 11 heteroatoms. The highest BCUT2D eigenvalue weighted by Crippen LogP contribution is 2.35. The standard InChI is InChI=1S/C18H16F3N3O5/c1-24-10(8-29-17(24)27)7-28-11-4-2-9(3-5-11)12-6-13(15(22)25)16(26)23-14(12)18(19,20)21/h2-6,10H,7-8H2,1H3,(H2,22,25)(H,23,26). The van der Waals surface area contributed by atoms with Gasteiger partial charge in [0.25, 0.3) is 11.5 Å². The lowest BCUT2D eigenvalue weighted by Gasteiger charge is -2.17. The molecule has 0 spiro atoms. The number of nitrogens with zero attached hydrogens (tertiary/aromatic N) is 1. The maximum atomic E-state index is 13.3. The third kappa shape index (κ3) is 4.18. The van der Waals surface area contributed by atoms with E-state index in [1.165, 1.54) is 29.2 Å². The third-order valence-electron chi connectivity index (χ3n) is 4.43. The van der Waals surface area contributed by atoms with Crippen LogP contribution in [0.1, 0.15) is 16.1 Å². The second kappa shape index (κ2) is 7.49. The molecule has 1 aromatic carbocycles. The zero-order chi connectivity index (χ0) is 21.3. The average molecular weight is 411 g/mol. The first-order chi connectivity index (χ1) is 13.6. The van der Waals surface area contributed by atoms with Crippen LogP contribution in [0.3, 0.4) is 0 Å². The maximum absolute atomic E-state index is 13.3. The Hall–Kier alpha value is -3.50. The van der Waals surface area contributed by atoms with Gasteiger partial charge in [-0.25, -0.2) is 4.79 Å². The Morgan fingerprint density at radius 1 is 1.31 bits per heavy atom. The number of halogens is 3. The SMILES string of the molecule is CN1C(=O)OCC1COc1ccc(-c2cc(C(N)=O)c(=O)[nH]c2C(F)(F)F)cc1. The zero-order valence-electron chi connectivity index (χ0n) is 15.1. The number of likely N-dealkylation sites (N-methyl/N-ethyl adjacent to an activating group) is 1. The smallest absolute Gasteiger partial charge is 0.431 e. The summed E-state index contributed by atoms with van der Waals surface area (Å²) in [5.74, 6) is -0.784. The van der Waals surface area contributed by atoms with Gasteiger partial charge >= 0.3 is 12.3 Å². The van der Waals surface area contributed by atoms with Gasteiger partial charge in [0.1, 0.15) is 36.3 Å². The molecule has 1 fully saturated rings. The molecule has 29 heavy (non-hydrogen) atoms. The van der Waals surface area contributed by atoms with Crippen molar-refractivity contribution in [2.45, 2.75) is 12.2 Å². The molecule has 1 aromatic heterocycles. The van der Waals surface area contributed by atoms with Gasteiger partial charge in [-0.1, -0.05) is 12.1 Å². The monoisotopic (exact) mass is 411 g/mol. The van der Waals surface area contributed by atoms with Crippen LogP contribution in [-0.4, -0.2) is 48.2 Å². The molecule has 1 aliphatic rings. The molecule has 0 radical (unpaired) electrons. The van der Waals surface area contributed by atoms with Crippen LogP contribution >= 0.6 is 0 Å². The number of hydrogen-bond acceptors (Lipinski definition) is 5. The van der Waals surface area contributed by atoms with Crippen molar-refractivity contribution in [1.29, 1.82) is 0 Å². The van der Waals surface area contributed by atoms with Gasteiger partial charge in [-0.3, -0.25) is 9.59 Å². The van der Waals surface area contributed by atoms with E-state index in [1.54, 1.807) is 12.0 Å². The number of aromatic amines is 1. The Bertz CT molecular complexity index is 1000. The topological polar surface area (TPSA) is 115 Å². The molecule has 1 saturated heterocycles. The lowest BCUT2D eigenvalue weighted by molar-refractivity contribution is -0.140. The molecular formula is C18H16F3N3O5. The summed E-state index contributed by atoms with van der Waals surface area (Å²) in [6.45, 7) is 0.315. The van der Waals surface area contributed by atoms with Crippen molar-refractivity contribution in [3.05, 3.63) is 51.9 Å². The molecule has 0 aliphatic carbocycles. The number of H-pyrrole nitrogens is 1. The Kier molecular flexibility index (Phi) is 5.23. The van der Waals surface area contributed by atoms with Gasteiger partial charge in [-0.15, -0.1) is 0 Å². The summed E-state index contributed by atoms with van der Waals surface area (Å²) >= 11 is 0. The first kappa shape index (κ1) is 20.2. The third-order valence-corrected chi connectivity index (χ3v) is 4.43. The van der Waals surface area contributed by atoms with Crippen molar-refractivity contribution in [3.63, 3.8) is 0 Å². The van der Waals surface area contributed by atoms with E-state index < -0.39 is 40.6 Å². The van der Waals surface area contributed by atoms with Gasteiger partial charge < -0.3 is 25.1 Å². The van der Waals surface area contributed by atoms with Crippen LogP contribution in [0.5, 0.6) is 5.75 Å². The number of pyridine rings is 1. The molecule has 1 unspecified atom stereocenters. The molecule has 8 nitrogen and oxygen atoms in total. The highest BCUT2D eigenvalue weighted by molar-refractivity contribution is 5.94. The summed E-state index contributed by atoms with van der Waals surface area (Å²) in [4.78, 5) is 37.4. The normalized spacial score (nSPS) is 16.6. The zero-order valence-corrected chi connectivity index (χ0v) is 15.1. The number of cyclic esters (lactones) is 1. The van der Waals surface area contributed by atoms with Crippen LogP contribution in [0.4, 0.5) is 18.0 Å². The van der Waals surface area contributed by atoms with E-state index in [4.69, 9.17) is 15.2 Å². The quantitative estimate of drug-likeness (QED) is 0.781. The van der Waals surface area contributed by atoms with Crippen LogP contribution in [0.25, 0.3) is 11.1 Å². The summed E-state index contributed by atoms with van der Waals surface area (Å²) < 4.78 is 50.4.